The van der Waals surface area contributed by atoms with Crippen LogP contribution in [0.15, 0.2) is 85.0 Å². The Labute approximate surface area is 112 Å². The van der Waals surface area contributed by atoms with Crippen molar-refractivity contribution >= 4 is 5.78 Å². The second-order valence-electron chi connectivity index (χ2n) is 4.67. The van der Waals surface area contributed by atoms with Gasteiger partial charge in [-0.2, -0.15) is 0 Å². The summed E-state index contributed by atoms with van der Waals surface area (Å²) in [6.07, 6.45) is 7.28. The van der Waals surface area contributed by atoms with E-state index in [1.165, 1.54) is 11.1 Å². The van der Waals surface area contributed by atoms with Crippen LogP contribution in [0, 0.1) is 0 Å². The summed E-state index contributed by atoms with van der Waals surface area (Å²) < 4.78 is 0. The van der Waals surface area contributed by atoms with Gasteiger partial charge in [0.1, 0.15) is 0 Å². The van der Waals surface area contributed by atoms with Crippen molar-refractivity contribution in [1.82, 2.24) is 0 Å². The molecule has 0 atom stereocenters. The molecule has 0 saturated carbocycles. The van der Waals surface area contributed by atoms with E-state index in [-0.39, 0.29) is 11.2 Å². The van der Waals surface area contributed by atoms with Crippen LogP contribution in [-0.2, 0) is 10.2 Å². The van der Waals surface area contributed by atoms with Gasteiger partial charge in [-0.25, -0.2) is 0 Å². The van der Waals surface area contributed by atoms with E-state index in [9.17, 15) is 4.79 Å². The summed E-state index contributed by atoms with van der Waals surface area (Å²) in [4.78, 5) is 11.4. The number of ketones is 1. The van der Waals surface area contributed by atoms with Gasteiger partial charge in [0.25, 0.3) is 0 Å². The fourth-order valence-electron chi connectivity index (χ4n) is 2.52. The highest BCUT2D eigenvalue weighted by atomic mass is 16.1. The van der Waals surface area contributed by atoms with Crippen molar-refractivity contribution in [2.24, 2.45) is 0 Å². The number of rotatable bonds is 2. The van der Waals surface area contributed by atoms with E-state index < -0.39 is 0 Å². The summed E-state index contributed by atoms with van der Waals surface area (Å²) in [6.45, 7) is 0. The molecule has 0 radical (unpaired) electrons. The van der Waals surface area contributed by atoms with Crippen molar-refractivity contribution < 1.29 is 4.79 Å². The monoisotopic (exact) mass is 246 g/mol. The first-order valence-corrected chi connectivity index (χ1v) is 6.35. The molecule has 2 aromatic rings. The van der Waals surface area contributed by atoms with Gasteiger partial charge in [0.15, 0.2) is 5.78 Å². The minimum Gasteiger partial charge on any atom is -0.290 e. The molecule has 1 aliphatic carbocycles. The van der Waals surface area contributed by atoms with E-state index in [1.807, 2.05) is 48.6 Å². The molecule has 92 valence electrons. The lowest BCUT2D eigenvalue weighted by Crippen LogP contribution is -2.25. The van der Waals surface area contributed by atoms with Crippen molar-refractivity contribution in [3.63, 3.8) is 0 Å². The van der Waals surface area contributed by atoms with E-state index in [1.54, 1.807) is 12.2 Å². The van der Waals surface area contributed by atoms with Gasteiger partial charge in [-0.3, -0.25) is 4.79 Å². The molecule has 1 heteroatoms. The van der Waals surface area contributed by atoms with Gasteiger partial charge in [-0.05, 0) is 23.3 Å². The molecular formula is C18H14O. The van der Waals surface area contributed by atoms with Crippen LogP contribution in [0.1, 0.15) is 11.1 Å². The highest BCUT2D eigenvalue weighted by Crippen LogP contribution is 2.36. The zero-order valence-corrected chi connectivity index (χ0v) is 10.5. The molecule has 0 unspecified atom stereocenters. The summed E-state index contributed by atoms with van der Waals surface area (Å²) in [7, 11) is 0. The fourth-order valence-corrected chi connectivity index (χ4v) is 2.52. The molecule has 0 spiro atoms. The summed E-state index contributed by atoms with van der Waals surface area (Å²) in [6, 6.07) is 20.5. The Morgan fingerprint density at radius 3 is 1.47 bits per heavy atom. The number of hydrogen-bond acceptors (Lipinski definition) is 1. The molecule has 0 aliphatic heterocycles. The molecule has 0 aromatic heterocycles. The zero-order chi connectivity index (χ0) is 13.1. The van der Waals surface area contributed by atoms with Crippen LogP contribution in [0.2, 0.25) is 0 Å². The minimum absolute atomic E-state index is 0.0440. The summed E-state index contributed by atoms with van der Waals surface area (Å²) in [5.41, 5.74) is 2.00. The molecule has 0 N–H and O–H groups in total. The lowest BCUT2D eigenvalue weighted by atomic mass is 9.72. The maximum atomic E-state index is 11.4. The smallest absolute Gasteiger partial charge is 0.178 e. The second-order valence-corrected chi connectivity index (χ2v) is 4.67. The van der Waals surface area contributed by atoms with Crippen LogP contribution >= 0.6 is 0 Å². The first-order valence-electron chi connectivity index (χ1n) is 6.35. The molecule has 1 nitrogen and oxygen atoms in total. The summed E-state index contributed by atoms with van der Waals surface area (Å²) in [5.74, 6) is 0.0440. The van der Waals surface area contributed by atoms with Crippen molar-refractivity contribution in [1.29, 1.82) is 0 Å². The van der Waals surface area contributed by atoms with Gasteiger partial charge >= 0.3 is 0 Å². The summed E-state index contributed by atoms with van der Waals surface area (Å²) >= 11 is 0. The molecule has 19 heavy (non-hydrogen) atoms. The van der Waals surface area contributed by atoms with Crippen molar-refractivity contribution in [2.45, 2.75) is 5.41 Å². The Balaban J connectivity index is 2.21. The van der Waals surface area contributed by atoms with Crippen LogP contribution in [0.5, 0.6) is 0 Å². The normalized spacial score (nSPS) is 16.5. The number of hydrogen-bond donors (Lipinski definition) is 0. The van der Waals surface area contributed by atoms with Gasteiger partial charge < -0.3 is 0 Å². The van der Waals surface area contributed by atoms with E-state index >= 15 is 0 Å². The quantitative estimate of drug-likeness (QED) is 0.790. The van der Waals surface area contributed by atoms with Crippen LogP contribution in [0.4, 0.5) is 0 Å². The highest BCUT2D eigenvalue weighted by Gasteiger charge is 2.30. The molecule has 0 bridgehead atoms. The molecule has 0 amide bonds. The molecule has 1 aliphatic rings. The standard InChI is InChI=1S/C18H14O/c19-17-11-13-18(14-12-17,15-7-3-1-4-8-15)16-9-5-2-6-10-16/h1-14H. The van der Waals surface area contributed by atoms with Gasteiger partial charge in [0, 0.05) is 0 Å². The van der Waals surface area contributed by atoms with Crippen LogP contribution in [0.25, 0.3) is 0 Å². The topological polar surface area (TPSA) is 17.1 Å². The lowest BCUT2D eigenvalue weighted by Gasteiger charge is -2.30. The van der Waals surface area contributed by atoms with E-state index in [2.05, 4.69) is 24.3 Å². The third kappa shape index (κ3) is 2.04. The van der Waals surface area contributed by atoms with Crippen LogP contribution < -0.4 is 0 Å². The largest absolute Gasteiger partial charge is 0.290 e. The Morgan fingerprint density at radius 2 is 1.05 bits per heavy atom. The number of benzene rings is 2. The predicted octanol–water partition coefficient (Wildman–Crippen LogP) is 3.67. The first kappa shape index (κ1) is 11.7. The molecule has 0 heterocycles. The Kier molecular flexibility index (Phi) is 2.88. The maximum absolute atomic E-state index is 11.4. The molecular weight excluding hydrogens is 232 g/mol. The van der Waals surface area contributed by atoms with Crippen LogP contribution in [0.3, 0.4) is 0 Å². The minimum atomic E-state index is -0.337. The van der Waals surface area contributed by atoms with Crippen LogP contribution in [-0.4, -0.2) is 5.78 Å². The second kappa shape index (κ2) is 4.69. The number of carbonyl (C=O) groups is 1. The predicted molar refractivity (Wildman–Crippen MR) is 77.0 cm³/mol. The highest BCUT2D eigenvalue weighted by molar-refractivity contribution is 6.01. The Bertz CT molecular complexity index is 578. The fraction of sp³-hybridized carbons (Fsp3) is 0.0556. The van der Waals surface area contributed by atoms with Crippen molar-refractivity contribution in [3.05, 3.63) is 96.1 Å². The Hall–Kier alpha value is -2.41. The average molecular weight is 246 g/mol. The van der Waals surface area contributed by atoms with E-state index in [4.69, 9.17) is 0 Å². The third-order valence-corrected chi connectivity index (χ3v) is 3.52. The van der Waals surface area contributed by atoms with Gasteiger partial charge in [-0.1, -0.05) is 72.8 Å². The number of allylic oxidation sites excluding steroid dienone is 4. The Morgan fingerprint density at radius 1 is 0.632 bits per heavy atom. The van der Waals surface area contributed by atoms with E-state index in [0.717, 1.165) is 0 Å². The SMILES string of the molecule is O=C1C=CC(c2ccccc2)(c2ccccc2)C=C1. The third-order valence-electron chi connectivity index (χ3n) is 3.52. The molecule has 0 saturated heterocycles. The van der Waals surface area contributed by atoms with Crippen molar-refractivity contribution in [3.8, 4) is 0 Å². The molecule has 3 rings (SSSR count). The first-order chi connectivity index (χ1) is 9.31. The zero-order valence-electron chi connectivity index (χ0n) is 10.5. The number of carbonyl (C=O) groups excluding carboxylic acids is 1. The van der Waals surface area contributed by atoms with Gasteiger partial charge in [-0.15, -0.1) is 0 Å². The van der Waals surface area contributed by atoms with Crippen molar-refractivity contribution in [2.75, 3.05) is 0 Å². The molecule has 2 aromatic carbocycles. The van der Waals surface area contributed by atoms with Gasteiger partial charge in [0.05, 0.1) is 5.41 Å². The molecule has 0 fully saturated rings. The summed E-state index contributed by atoms with van der Waals surface area (Å²) in [5, 5.41) is 0. The van der Waals surface area contributed by atoms with Gasteiger partial charge in [0.2, 0.25) is 0 Å². The maximum Gasteiger partial charge on any atom is 0.178 e. The average Bonchev–Trinajstić information content (AvgIpc) is 2.50. The lowest BCUT2D eigenvalue weighted by molar-refractivity contribution is -0.110. The van der Waals surface area contributed by atoms with E-state index in [0.29, 0.717) is 0 Å².